The number of carboxylic acid groups (broad SMARTS) is 1. The Labute approximate surface area is 481 Å². The van der Waals surface area contributed by atoms with E-state index in [4.69, 9.17) is 18.9 Å². The van der Waals surface area contributed by atoms with Gasteiger partial charge in [-0.3, -0.25) is 18.0 Å². The molecule has 3 N–H and O–H groups in total. The predicted octanol–water partition coefficient (Wildman–Crippen LogP) is 8.71. The average Bonchev–Trinajstić information content (AvgIpc) is 3.78. The number of nitrogens with zero attached hydrogens (tertiary/aromatic N) is 4. The van der Waals surface area contributed by atoms with Crippen LogP contribution in [0, 0.1) is 0 Å². The molecule has 2 aromatic carbocycles. The van der Waals surface area contributed by atoms with E-state index in [-0.39, 0.29) is 106 Å². The molecule has 0 aromatic heterocycles. The van der Waals surface area contributed by atoms with Crippen LogP contribution < -0.4 is 18.9 Å². The smallest absolute Gasteiger partial charge is 0.415 e. The van der Waals surface area contributed by atoms with E-state index in [0.29, 0.717) is 76.7 Å². The van der Waals surface area contributed by atoms with E-state index < -0.39 is 75.1 Å². The van der Waals surface area contributed by atoms with Crippen LogP contribution in [-0.2, 0) is 52.3 Å². The molecule has 2 saturated heterocycles. The topological polar surface area (TPSA) is 230 Å². The first-order chi connectivity index (χ1) is 38.4. The minimum atomic E-state index is -1.35. The Morgan fingerprint density at radius 3 is 1.52 bits per heavy atom. The van der Waals surface area contributed by atoms with Gasteiger partial charge in [-0.05, 0) is 132 Å². The highest BCUT2D eigenvalue weighted by Gasteiger charge is 2.48. The third kappa shape index (κ3) is 14.3. The van der Waals surface area contributed by atoms with E-state index in [9.17, 15) is 47.7 Å². The van der Waals surface area contributed by atoms with Gasteiger partial charge in [-0.1, -0.05) is 46.6 Å². The highest BCUT2D eigenvalue weighted by Crippen LogP contribution is 2.49. The number of fused-ring (bicyclic) bond motifs is 6. The number of hydrogen-bond donors (Lipinski definition) is 3. The summed E-state index contributed by atoms with van der Waals surface area (Å²) in [6, 6.07) is 1.61. The summed E-state index contributed by atoms with van der Waals surface area (Å²) in [6.07, 6.45) is 11.3. The van der Waals surface area contributed by atoms with Crippen molar-refractivity contribution in [1.29, 1.82) is 0 Å². The monoisotopic (exact) mass is 1160 g/mol. The number of aliphatic hydroxyl groups is 2. The molecule has 6 aliphatic rings. The van der Waals surface area contributed by atoms with Crippen molar-refractivity contribution in [1.82, 2.24) is 19.6 Å². The van der Waals surface area contributed by atoms with Crippen LogP contribution in [0.3, 0.4) is 0 Å². The SMILES string of the molecule is CC(C)=CCC/C(C)=C/CC[C@@]1(C)Oc2c(c(O[13C](=O)N3CCS(=O)CC3)cc3c2CN(CCC[C@@H](C(=O)O)N2Cc4c(cc(O[13C](=O)N5CCS(=O)CC5)c5c4O[C@](C)(CC/C=C(\C)CCC=C(C)C)[C@@H](O)C5)C2=O)C3=O)C[C@@H]1O. The van der Waals surface area contributed by atoms with E-state index in [0.717, 1.165) is 25.7 Å². The van der Waals surface area contributed by atoms with Gasteiger partial charge in [0.15, 0.2) is 0 Å². The molecule has 4 amide bonds. The summed E-state index contributed by atoms with van der Waals surface area (Å²) < 4.78 is 49.8. The Balaban J connectivity index is 1.01. The van der Waals surface area contributed by atoms with Crippen molar-refractivity contribution in [3.05, 3.63) is 92.1 Å². The summed E-state index contributed by atoms with van der Waals surface area (Å²) >= 11 is 0. The highest BCUT2D eigenvalue weighted by atomic mass is 32.2. The number of carboxylic acids is 1. The molecule has 0 unspecified atom stereocenters. The number of amides is 4. The van der Waals surface area contributed by atoms with Gasteiger partial charge in [0.1, 0.15) is 40.2 Å². The number of carbonyl (C=O) groups excluding carboxylic acids is 4. The fourth-order valence-electron chi connectivity index (χ4n) is 11.5. The number of benzene rings is 2. The van der Waals surface area contributed by atoms with Crippen LogP contribution in [-0.4, -0.2) is 158 Å². The first-order valence-electron chi connectivity index (χ1n) is 28.6. The van der Waals surface area contributed by atoms with Crippen LogP contribution in [0.1, 0.15) is 163 Å². The van der Waals surface area contributed by atoms with Crippen molar-refractivity contribution in [2.45, 2.75) is 175 Å². The average molecular weight is 1160 g/mol. The van der Waals surface area contributed by atoms with E-state index in [1.165, 1.54) is 49.1 Å². The zero-order chi connectivity index (χ0) is 58.5. The molecule has 2 aromatic rings. The zero-order valence-electron chi connectivity index (χ0n) is 48.4. The third-order valence-corrected chi connectivity index (χ3v) is 19.3. The molecular formula is C61H82N4O14S2. The van der Waals surface area contributed by atoms with E-state index in [1.807, 2.05) is 13.8 Å². The third-order valence-electron chi connectivity index (χ3n) is 16.7. The van der Waals surface area contributed by atoms with Crippen LogP contribution in [0.25, 0.3) is 0 Å². The number of hydrogen-bond acceptors (Lipinski definition) is 13. The lowest BCUT2D eigenvalue weighted by Crippen LogP contribution is -2.49. The largest absolute Gasteiger partial charge is 0.484 e. The van der Waals surface area contributed by atoms with Gasteiger partial charge in [0.2, 0.25) is 0 Å². The number of carbonyl (C=O) groups is 5. The number of ether oxygens (including phenoxy) is 4. The number of allylic oxidation sites excluding steroid dienone is 8. The lowest BCUT2D eigenvalue weighted by molar-refractivity contribution is -0.142. The number of aliphatic hydroxyl groups excluding tert-OH is 2. The van der Waals surface area contributed by atoms with Crippen LogP contribution in [0.5, 0.6) is 23.0 Å². The van der Waals surface area contributed by atoms with Crippen molar-refractivity contribution in [3.63, 3.8) is 0 Å². The van der Waals surface area contributed by atoms with Gasteiger partial charge in [-0.2, -0.15) is 0 Å². The highest BCUT2D eigenvalue weighted by molar-refractivity contribution is 7.85. The van der Waals surface area contributed by atoms with Crippen molar-refractivity contribution in [2.75, 3.05) is 55.7 Å². The lowest BCUT2D eigenvalue weighted by atomic mass is 9.84. The first-order valence-corrected chi connectivity index (χ1v) is 31.6. The van der Waals surface area contributed by atoms with Gasteiger partial charge >= 0.3 is 18.2 Å². The molecule has 0 bridgehead atoms. The fourth-order valence-corrected chi connectivity index (χ4v) is 13.6. The van der Waals surface area contributed by atoms with Crippen molar-refractivity contribution in [2.24, 2.45) is 0 Å². The van der Waals surface area contributed by atoms with Gasteiger partial charge < -0.3 is 53.9 Å². The van der Waals surface area contributed by atoms with Gasteiger partial charge in [0.05, 0.1) is 36.4 Å². The Hall–Kier alpha value is -5.83. The van der Waals surface area contributed by atoms with Crippen LogP contribution in [0.2, 0.25) is 0 Å². The molecule has 6 heterocycles. The zero-order valence-corrected chi connectivity index (χ0v) is 50.0. The molecule has 81 heavy (non-hydrogen) atoms. The summed E-state index contributed by atoms with van der Waals surface area (Å²) in [5.74, 6) is -0.294. The minimum absolute atomic E-state index is 0.0199. The maximum atomic E-state index is 14.6. The van der Waals surface area contributed by atoms with Gasteiger partial charge in [0, 0.05) is 112 Å². The molecule has 20 heteroatoms. The Bertz CT molecular complexity index is 2940. The normalized spacial score (nSPS) is 23.4. The Kier molecular flexibility index (Phi) is 19.8. The summed E-state index contributed by atoms with van der Waals surface area (Å²) in [5, 5.41) is 34.4. The van der Waals surface area contributed by atoms with Crippen LogP contribution >= 0.6 is 0 Å². The summed E-state index contributed by atoms with van der Waals surface area (Å²) in [6.45, 7) is 17.1. The fraction of sp³-hybridized carbons (Fsp3) is 0.590. The molecular weight excluding hydrogens is 1080 g/mol. The molecule has 6 aliphatic heterocycles. The van der Waals surface area contributed by atoms with Crippen molar-refractivity contribution in [3.8, 4) is 23.0 Å². The van der Waals surface area contributed by atoms with E-state index >= 15 is 0 Å². The maximum absolute atomic E-state index is 14.6. The second-order valence-corrected chi connectivity index (χ2v) is 27.0. The summed E-state index contributed by atoms with van der Waals surface area (Å²) in [4.78, 5) is 75.4. The Morgan fingerprint density at radius 1 is 0.654 bits per heavy atom. The van der Waals surface area contributed by atoms with E-state index in [1.54, 1.807) is 4.90 Å². The molecule has 0 saturated carbocycles. The second-order valence-electron chi connectivity index (χ2n) is 23.6. The molecule has 0 spiro atoms. The predicted molar refractivity (Wildman–Crippen MR) is 310 cm³/mol. The minimum Gasteiger partial charge on any atom is -0.484 e. The Morgan fingerprint density at radius 2 is 1.09 bits per heavy atom. The maximum Gasteiger partial charge on any atom is 0.415 e. The molecule has 2 fully saturated rings. The van der Waals surface area contributed by atoms with Crippen LogP contribution in [0.15, 0.2) is 58.7 Å². The molecule has 442 valence electrons. The van der Waals surface area contributed by atoms with Crippen molar-refractivity contribution < 1.29 is 66.7 Å². The molecule has 0 aliphatic carbocycles. The van der Waals surface area contributed by atoms with E-state index in [2.05, 4.69) is 65.8 Å². The van der Waals surface area contributed by atoms with Gasteiger partial charge in [-0.25, -0.2) is 14.4 Å². The standard InChI is InChI=1S/C61H82N4O14S2/c1-38(2)14-9-16-40(5)18-11-21-60(7)51(66)34-44-49(76-58(72)62-24-28-80(74)29-25-62)32-42-46(53(44)78-60)36-64(55(42)68)23-13-20-48(57(70)71)65-37-47-43(56(65)69)33-50(77-59(73)63-26-30-81(75)31-27-63)45-35-52(67)61(8,79-54(45)47)22-12-19-41(6)17-10-15-39(3)4/h14-15,18-19,32-33,48,51-52,66-67H,9-13,16-17,20-31,34-37H2,1-8H3,(H,70,71)/b40-18+,41-19+/t48-,51-,52-,60+,61+/m0/s1/i58+1,59+1. The first kappa shape index (κ1) is 61.2. The number of rotatable bonds is 20. The number of aliphatic carboxylic acids is 1. The molecule has 18 nitrogen and oxygen atoms in total. The molecule has 8 rings (SSSR count). The summed E-state index contributed by atoms with van der Waals surface area (Å²) in [7, 11) is -2.10. The van der Waals surface area contributed by atoms with Crippen LogP contribution in [0.4, 0.5) is 9.59 Å². The second kappa shape index (κ2) is 26.2. The molecule has 5 atom stereocenters. The van der Waals surface area contributed by atoms with Gasteiger partial charge in [-0.15, -0.1) is 0 Å². The quantitative estimate of drug-likeness (QED) is 0.0832. The lowest BCUT2D eigenvalue weighted by Gasteiger charge is -2.41. The van der Waals surface area contributed by atoms with Gasteiger partial charge in [0.25, 0.3) is 11.8 Å². The summed E-state index contributed by atoms with van der Waals surface area (Å²) in [5.41, 5.74) is 4.93. The molecule has 0 radical (unpaired) electrons. The van der Waals surface area contributed by atoms with Crippen molar-refractivity contribution >= 4 is 51.6 Å².